The molecule has 6 heteroatoms. The Bertz CT molecular complexity index is 472. The van der Waals surface area contributed by atoms with E-state index >= 15 is 0 Å². The van der Waals surface area contributed by atoms with Crippen LogP contribution < -0.4 is 10.6 Å². The molecule has 0 spiro atoms. The number of hydrogen-bond donors (Lipinski definition) is 2. The number of hydrogen-bond acceptors (Lipinski definition) is 3. The number of thioether (sulfide) groups is 1. The maximum absolute atomic E-state index is 4.25. The lowest BCUT2D eigenvalue weighted by atomic mass is 10.1. The van der Waals surface area contributed by atoms with Crippen molar-refractivity contribution in [3.8, 4) is 0 Å². The summed E-state index contributed by atoms with van der Waals surface area (Å²) in [6.07, 6.45) is 6.21. The molecule has 24 heavy (non-hydrogen) atoms. The number of halogens is 1. The summed E-state index contributed by atoms with van der Waals surface area (Å²) in [4.78, 5) is 6.81. The largest absolute Gasteiger partial charge is 0.356 e. The Morgan fingerprint density at radius 3 is 2.38 bits per heavy atom. The summed E-state index contributed by atoms with van der Waals surface area (Å²) in [7, 11) is 1.82. The van der Waals surface area contributed by atoms with Crippen molar-refractivity contribution in [1.29, 1.82) is 0 Å². The van der Waals surface area contributed by atoms with Crippen LogP contribution in [0.3, 0.4) is 0 Å². The second-order valence-corrected chi connectivity index (χ2v) is 6.98. The Kier molecular flexibility index (Phi) is 11.5. The number of likely N-dealkylation sites (tertiary alicyclic amines) is 1. The van der Waals surface area contributed by atoms with E-state index in [1.807, 2.05) is 18.8 Å². The van der Waals surface area contributed by atoms with E-state index in [1.54, 1.807) is 0 Å². The van der Waals surface area contributed by atoms with E-state index < -0.39 is 0 Å². The first kappa shape index (κ1) is 21.6. The molecule has 0 aromatic heterocycles. The molecule has 2 N–H and O–H groups in total. The molecule has 1 aromatic carbocycles. The third kappa shape index (κ3) is 8.07. The van der Waals surface area contributed by atoms with Gasteiger partial charge in [0, 0.05) is 32.4 Å². The van der Waals surface area contributed by atoms with Gasteiger partial charge in [0.15, 0.2) is 5.96 Å². The molecule has 1 saturated heterocycles. The monoisotopic (exact) mass is 462 g/mol. The van der Waals surface area contributed by atoms with Crippen molar-refractivity contribution in [1.82, 2.24) is 15.5 Å². The van der Waals surface area contributed by atoms with Crippen LogP contribution in [0.15, 0.2) is 29.3 Å². The summed E-state index contributed by atoms with van der Waals surface area (Å²) in [5.41, 5.74) is 2.71. The third-order valence-electron chi connectivity index (χ3n) is 4.16. The summed E-state index contributed by atoms with van der Waals surface area (Å²) in [5.74, 6) is 1.96. The lowest BCUT2D eigenvalue weighted by Gasteiger charge is -2.26. The minimum Gasteiger partial charge on any atom is -0.356 e. The number of aliphatic imine (C=N–C) groups is 1. The van der Waals surface area contributed by atoms with Crippen molar-refractivity contribution in [3.05, 3.63) is 35.4 Å². The fraction of sp³-hybridized carbons (Fsp3) is 0.611. The van der Waals surface area contributed by atoms with E-state index in [9.17, 15) is 0 Å². The van der Waals surface area contributed by atoms with Gasteiger partial charge in [0.25, 0.3) is 0 Å². The van der Waals surface area contributed by atoms with Crippen LogP contribution >= 0.6 is 35.7 Å². The number of nitrogens with one attached hydrogen (secondary N) is 2. The highest BCUT2D eigenvalue weighted by Crippen LogP contribution is 2.13. The van der Waals surface area contributed by atoms with E-state index in [0.717, 1.165) is 31.3 Å². The van der Waals surface area contributed by atoms with E-state index in [1.165, 1.54) is 43.5 Å². The zero-order valence-electron chi connectivity index (χ0n) is 14.9. The minimum absolute atomic E-state index is 0. The number of rotatable bonds is 7. The molecule has 0 aliphatic carbocycles. The van der Waals surface area contributed by atoms with Crippen molar-refractivity contribution >= 4 is 41.7 Å². The number of piperidine rings is 1. The molecular formula is C18H31IN4S. The number of benzene rings is 1. The first-order valence-corrected chi connectivity index (χ1v) is 9.95. The summed E-state index contributed by atoms with van der Waals surface area (Å²) in [6, 6.07) is 8.97. The molecule has 0 bridgehead atoms. The Morgan fingerprint density at radius 1 is 1.08 bits per heavy atom. The first-order valence-electron chi connectivity index (χ1n) is 8.55. The van der Waals surface area contributed by atoms with E-state index in [4.69, 9.17) is 0 Å². The normalized spacial score (nSPS) is 15.7. The van der Waals surface area contributed by atoms with Gasteiger partial charge in [-0.15, -0.1) is 24.0 Å². The highest BCUT2D eigenvalue weighted by Gasteiger charge is 2.10. The zero-order chi connectivity index (χ0) is 16.3. The lowest BCUT2D eigenvalue weighted by molar-refractivity contribution is 0.221. The fourth-order valence-electron chi connectivity index (χ4n) is 2.82. The van der Waals surface area contributed by atoms with Crippen LogP contribution in [0, 0.1) is 0 Å². The Balaban J connectivity index is 0.00000288. The third-order valence-corrected chi connectivity index (χ3v) is 4.77. The van der Waals surface area contributed by atoms with Crippen LogP contribution in [-0.4, -0.2) is 49.6 Å². The molecule has 1 heterocycles. The highest BCUT2D eigenvalue weighted by molar-refractivity contribution is 14.0. The average Bonchev–Trinajstić information content (AvgIpc) is 2.60. The van der Waals surface area contributed by atoms with Crippen molar-refractivity contribution in [2.75, 3.05) is 38.7 Å². The molecule has 1 aliphatic rings. The van der Waals surface area contributed by atoms with Gasteiger partial charge in [-0.05, 0) is 43.3 Å². The molecule has 0 saturated carbocycles. The smallest absolute Gasteiger partial charge is 0.191 e. The summed E-state index contributed by atoms with van der Waals surface area (Å²) >= 11 is 1.84. The molecular weight excluding hydrogens is 431 g/mol. The molecule has 2 rings (SSSR count). The lowest BCUT2D eigenvalue weighted by Crippen LogP contribution is -2.37. The maximum Gasteiger partial charge on any atom is 0.191 e. The van der Waals surface area contributed by atoms with E-state index in [2.05, 4.69) is 51.0 Å². The van der Waals surface area contributed by atoms with Gasteiger partial charge in [0.05, 0.1) is 0 Å². The van der Waals surface area contributed by atoms with Gasteiger partial charge in [-0.3, -0.25) is 9.89 Å². The van der Waals surface area contributed by atoms with Gasteiger partial charge in [0.2, 0.25) is 0 Å². The predicted molar refractivity (Wildman–Crippen MR) is 118 cm³/mol. The predicted octanol–water partition coefficient (Wildman–Crippen LogP) is 3.32. The minimum atomic E-state index is 0. The van der Waals surface area contributed by atoms with Crippen LogP contribution in [0.4, 0.5) is 0 Å². The Morgan fingerprint density at radius 2 is 1.75 bits per heavy atom. The van der Waals surface area contributed by atoms with E-state index in [-0.39, 0.29) is 24.0 Å². The van der Waals surface area contributed by atoms with Crippen LogP contribution in [0.5, 0.6) is 0 Å². The van der Waals surface area contributed by atoms with Crippen molar-refractivity contribution in [3.63, 3.8) is 0 Å². The quantitative estimate of drug-likeness (QED) is 0.282. The van der Waals surface area contributed by atoms with Crippen LogP contribution in [0.2, 0.25) is 0 Å². The molecule has 0 radical (unpaired) electrons. The van der Waals surface area contributed by atoms with Crippen molar-refractivity contribution < 1.29 is 0 Å². The zero-order valence-corrected chi connectivity index (χ0v) is 18.0. The van der Waals surface area contributed by atoms with Gasteiger partial charge < -0.3 is 10.6 Å². The van der Waals surface area contributed by atoms with Gasteiger partial charge >= 0.3 is 0 Å². The summed E-state index contributed by atoms with van der Waals surface area (Å²) < 4.78 is 0. The highest BCUT2D eigenvalue weighted by atomic mass is 127. The first-order chi connectivity index (χ1) is 11.3. The van der Waals surface area contributed by atoms with E-state index in [0.29, 0.717) is 0 Å². The standard InChI is InChI=1S/C18H30N4S.HI/c1-19-18(20-10-13-23-2)21-14-16-6-8-17(9-7-16)15-22-11-4-3-5-12-22;/h6-9H,3-5,10-15H2,1-2H3,(H2,19,20,21);1H. The molecule has 4 nitrogen and oxygen atoms in total. The van der Waals surface area contributed by atoms with Crippen LogP contribution in [-0.2, 0) is 13.1 Å². The second-order valence-electron chi connectivity index (χ2n) is 6.00. The average molecular weight is 462 g/mol. The maximum atomic E-state index is 4.25. The van der Waals surface area contributed by atoms with Gasteiger partial charge in [-0.1, -0.05) is 30.7 Å². The Labute approximate surface area is 168 Å². The molecule has 0 unspecified atom stereocenters. The fourth-order valence-corrected chi connectivity index (χ4v) is 3.12. The molecule has 1 fully saturated rings. The summed E-state index contributed by atoms with van der Waals surface area (Å²) in [5, 5.41) is 6.68. The number of guanidine groups is 1. The van der Waals surface area contributed by atoms with Gasteiger partial charge in [0.1, 0.15) is 0 Å². The summed E-state index contributed by atoms with van der Waals surface area (Å²) in [6.45, 7) is 5.34. The van der Waals surface area contributed by atoms with Gasteiger partial charge in [-0.25, -0.2) is 0 Å². The van der Waals surface area contributed by atoms with Gasteiger partial charge in [-0.2, -0.15) is 11.8 Å². The second kappa shape index (κ2) is 12.8. The van der Waals surface area contributed by atoms with Crippen LogP contribution in [0.1, 0.15) is 30.4 Å². The SMILES string of the molecule is CN=C(NCCSC)NCc1ccc(CN2CCCCC2)cc1.I. The van der Waals surface area contributed by atoms with Crippen molar-refractivity contribution in [2.45, 2.75) is 32.4 Å². The topological polar surface area (TPSA) is 39.7 Å². The molecule has 0 atom stereocenters. The molecule has 136 valence electrons. The van der Waals surface area contributed by atoms with Crippen molar-refractivity contribution in [2.24, 2.45) is 4.99 Å². The Hall–Kier alpha value is -0.470. The molecule has 0 amide bonds. The number of nitrogens with zero attached hydrogens (tertiary/aromatic N) is 2. The molecule has 1 aliphatic heterocycles. The molecule has 1 aromatic rings. The van der Waals surface area contributed by atoms with Crippen LogP contribution in [0.25, 0.3) is 0 Å².